The Labute approximate surface area is 107 Å². The minimum absolute atomic E-state index is 0.298. The van der Waals surface area contributed by atoms with E-state index >= 15 is 0 Å². The molecule has 98 valence electrons. The van der Waals surface area contributed by atoms with E-state index in [0.29, 0.717) is 16.4 Å². The van der Waals surface area contributed by atoms with Crippen LogP contribution in [0.1, 0.15) is 52.4 Å². The van der Waals surface area contributed by atoms with Crippen LogP contribution in [0.5, 0.6) is 0 Å². The predicted molar refractivity (Wildman–Crippen MR) is 74.6 cm³/mol. The molecule has 0 heterocycles. The highest BCUT2D eigenvalue weighted by Crippen LogP contribution is 2.71. The summed E-state index contributed by atoms with van der Waals surface area (Å²) in [7, 11) is -1.39. The highest BCUT2D eigenvalue weighted by Gasteiger charge is 2.69. The molecule has 0 spiro atoms. The van der Waals surface area contributed by atoms with E-state index in [1.165, 1.54) is 38.5 Å². The van der Waals surface area contributed by atoms with Gasteiger partial charge in [0.05, 0.1) is 5.60 Å². The first kappa shape index (κ1) is 12.2. The van der Waals surface area contributed by atoms with Crippen LogP contribution in [0.3, 0.4) is 0 Å². The minimum Gasteiger partial charge on any atom is -0.412 e. The van der Waals surface area contributed by atoms with Crippen molar-refractivity contribution in [3.63, 3.8) is 0 Å². The maximum absolute atomic E-state index is 6.64. The molecular formula is C15H28OSi. The van der Waals surface area contributed by atoms with Gasteiger partial charge in [0, 0.05) is 0 Å². The van der Waals surface area contributed by atoms with Gasteiger partial charge in [-0.05, 0) is 74.9 Å². The lowest BCUT2D eigenvalue weighted by atomic mass is 9.74. The van der Waals surface area contributed by atoms with E-state index < -0.39 is 8.32 Å². The summed E-state index contributed by atoms with van der Waals surface area (Å²) in [5.41, 5.74) is 1.53. The van der Waals surface area contributed by atoms with Gasteiger partial charge in [-0.2, -0.15) is 0 Å². The van der Waals surface area contributed by atoms with E-state index in [2.05, 4.69) is 33.5 Å². The molecule has 0 aromatic rings. The van der Waals surface area contributed by atoms with Crippen molar-refractivity contribution in [2.75, 3.05) is 0 Å². The van der Waals surface area contributed by atoms with Gasteiger partial charge in [0.15, 0.2) is 8.32 Å². The van der Waals surface area contributed by atoms with Crippen LogP contribution in [0.2, 0.25) is 19.6 Å². The van der Waals surface area contributed by atoms with E-state index in [1.807, 2.05) is 0 Å². The molecular weight excluding hydrogens is 224 g/mol. The largest absolute Gasteiger partial charge is 0.412 e. The molecule has 0 aromatic carbocycles. The summed E-state index contributed by atoms with van der Waals surface area (Å²) < 4.78 is 6.64. The number of hydrogen-bond donors (Lipinski definition) is 0. The first-order valence-corrected chi connectivity index (χ1v) is 10.8. The first-order chi connectivity index (χ1) is 7.68. The van der Waals surface area contributed by atoms with Gasteiger partial charge in [0.25, 0.3) is 0 Å². The van der Waals surface area contributed by atoms with Crippen LogP contribution in [-0.2, 0) is 4.43 Å². The molecule has 17 heavy (non-hydrogen) atoms. The smallest absolute Gasteiger partial charge is 0.184 e. The Hall–Kier alpha value is 0.177. The second-order valence-corrected chi connectivity index (χ2v) is 13.0. The molecule has 0 aliphatic heterocycles. The van der Waals surface area contributed by atoms with E-state index in [9.17, 15) is 0 Å². The summed E-state index contributed by atoms with van der Waals surface area (Å²) in [6.07, 6.45) is 8.53. The highest BCUT2D eigenvalue weighted by atomic mass is 28.4. The molecule has 2 unspecified atom stereocenters. The Kier molecular flexibility index (Phi) is 2.29. The second kappa shape index (κ2) is 3.19. The molecule has 2 heteroatoms. The van der Waals surface area contributed by atoms with E-state index in [4.69, 9.17) is 4.43 Å². The van der Waals surface area contributed by atoms with Crippen molar-refractivity contribution in [1.29, 1.82) is 0 Å². The summed E-state index contributed by atoms with van der Waals surface area (Å²) in [6.45, 7) is 12.0. The van der Waals surface area contributed by atoms with Crippen molar-refractivity contribution in [2.24, 2.45) is 16.7 Å². The molecule has 1 nitrogen and oxygen atoms in total. The Balaban J connectivity index is 1.76. The van der Waals surface area contributed by atoms with E-state index in [1.54, 1.807) is 0 Å². The summed E-state index contributed by atoms with van der Waals surface area (Å²) >= 11 is 0. The molecule has 0 saturated heterocycles. The van der Waals surface area contributed by atoms with Crippen LogP contribution in [0.25, 0.3) is 0 Å². The molecule has 0 N–H and O–H groups in total. The fraction of sp³-hybridized carbons (Fsp3) is 1.00. The molecule has 0 aromatic heterocycles. The van der Waals surface area contributed by atoms with Crippen LogP contribution >= 0.6 is 0 Å². The third-order valence-electron chi connectivity index (χ3n) is 5.80. The van der Waals surface area contributed by atoms with E-state index in [-0.39, 0.29) is 0 Å². The van der Waals surface area contributed by atoms with Gasteiger partial charge in [-0.1, -0.05) is 13.8 Å². The fourth-order valence-corrected chi connectivity index (χ4v) is 5.78. The van der Waals surface area contributed by atoms with Gasteiger partial charge >= 0.3 is 0 Å². The number of rotatable bonds is 3. The third kappa shape index (κ3) is 1.92. The Morgan fingerprint density at radius 3 is 2.24 bits per heavy atom. The summed E-state index contributed by atoms with van der Waals surface area (Å²) in [5.74, 6) is 0.953. The molecule has 3 atom stereocenters. The Bertz CT molecular complexity index is 337. The van der Waals surface area contributed by atoms with Gasteiger partial charge in [0.1, 0.15) is 0 Å². The van der Waals surface area contributed by atoms with Crippen LogP contribution < -0.4 is 0 Å². The lowest BCUT2D eigenvalue weighted by Gasteiger charge is -2.40. The zero-order valence-corrected chi connectivity index (χ0v) is 13.2. The van der Waals surface area contributed by atoms with Crippen LogP contribution in [0, 0.1) is 16.7 Å². The molecule has 0 bridgehead atoms. The third-order valence-corrected chi connectivity index (χ3v) is 6.80. The fourth-order valence-electron chi connectivity index (χ4n) is 4.20. The van der Waals surface area contributed by atoms with Gasteiger partial charge in [0.2, 0.25) is 0 Å². The average Bonchev–Trinajstić information content (AvgIpc) is 2.99. The topological polar surface area (TPSA) is 9.23 Å². The predicted octanol–water partition coefficient (Wildman–Crippen LogP) is 4.59. The van der Waals surface area contributed by atoms with Crippen LogP contribution in [0.4, 0.5) is 0 Å². The summed E-state index contributed by atoms with van der Waals surface area (Å²) in [4.78, 5) is 0. The van der Waals surface area contributed by atoms with Crippen molar-refractivity contribution in [3.8, 4) is 0 Å². The van der Waals surface area contributed by atoms with Gasteiger partial charge in [-0.3, -0.25) is 0 Å². The maximum Gasteiger partial charge on any atom is 0.184 e. The SMILES string of the molecule is CC1([C@@H]2CCC3(C)CC3(O[Si](C)(C)C)C2)CC1. The van der Waals surface area contributed by atoms with Crippen molar-refractivity contribution in [2.45, 2.75) is 77.6 Å². The van der Waals surface area contributed by atoms with Crippen molar-refractivity contribution in [1.82, 2.24) is 0 Å². The van der Waals surface area contributed by atoms with Crippen molar-refractivity contribution in [3.05, 3.63) is 0 Å². The highest BCUT2D eigenvalue weighted by molar-refractivity contribution is 6.69. The van der Waals surface area contributed by atoms with Gasteiger partial charge in [-0.25, -0.2) is 0 Å². The Morgan fingerprint density at radius 1 is 1.06 bits per heavy atom. The lowest BCUT2D eigenvalue weighted by molar-refractivity contribution is 0.0410. The second-order valence-electron chi connectivity index (χ2n) is 8.54. The number of hydrogen-bond acceptors (Lipinski definition) is 1. The lowest BCUT2D eigenvalue weighted by Crippen LogP contribution is -2.41. The Morgan fingerprint density at radius 2 is 1.71 bits per heavy atom. The van der Waals surface area contributed by atoms with Crippen molar-refractivity contribution >= 4 is 8.32 Å². The zero-order chi connectivity index (χ0) is 12.5. The van der Waals surface area contributed by atoms with Gasteiger partial charge < -0.3 is 4.43 Å². The monoisotopic (exact) mass is 252 g/mol. The summed E-state index contributed by atoms with van der Waals surface area (Å²) in [5, 5.41) is 0. The van der Waals surface area contributed by atoms with Gasteiger partial charge in [-0.15, -0.1) is 0 Å². The van der Waals surface area contributed by atoms with Crippen LogP contribution in [-0.4, -0.2) is 13.9 Å². The average molecular weight is 252 g/mol. The molecule has 3 aliphatic rings. The normalized spacial score (nSPS) is 47.5. The zero-order valence-electron chi connectivity index (χ0n) is 12.2. The van der Waals surface area contributed by atoms with Crippen LogP contribution in [0.15, 0.2) is 0 Å². The maximum atomic E-state index is 6.64. The number of fused-ring (bicyclic) bond motifs is 1. The quantitative estimate of drug-likeness (QED) is 0.668. The molecule has 3 fully saturated rings. The standard InChI is InChI=1S/C15H28OSi/c1-13(8-9-13)12-6-7-14(2)11-15(14,10-12)16-17(3,4)5/h12H,6-11H2,1-5H3/t12-,14?,15?/m1/s1. The van der Waals surface area contributed by atoms with Crippen molar-refractivity contribution < 1.29 is 4.43 Å². The summed E-state index contributed by atoms with van der Waals surface area (Å²) in [6, 6.07) is 0. The molecule has 3 aliphatic carbocycles. The molecule has 0 radical (unpaired) electrons. The molecule has 3 saturated carbocycles. The molecule has 0 amide bonds. The van der Waals surface area contributed by atoms with E-state index in [0.717, 1.165) is 5.92 Å². The molecule has 3 rings (SSSR count). The minimum atomic E-state index is -1.39. The first-order valence-electron chi connectivity index (χ1n) is 7.38.